The van der Waals surface area contributed by atoms with Gasteiger partial charge in [0.05, 0.1) is 11.0 Å². The molecule has 0 saturated heterocycles. The van der Waals surface area contributed by atoms with Crippen LogP contribution in [-0.2, 0) is 0 Å². The van der Waals surface area contributed by atoms with E-state index >= 15 is 0 Å². The van der Waals surface area contributed by atoms with E-state index in [9.17, 15) is 15.2 Å². The van der Waals surface area contributed by atoms with Crippen LogP contribution < -0.4 is 4.74 Å². The lowest BCUT2D eigenvalue weighted by molar-refractivity contribution is -0.386. The van der Waals surface area contributed by atoms with Crippen molar-refractivity contribution >= 4 is 5.69 Å². The van der Waals surface area contributed by atoms with Crippen molar-refractivity contribution in [3.63, 3.8) is 0 Å². The van der Waals surface area contributed by atoms with Crippen LogP contribution in [0.4, 0.5) is 5.69 Å². The molecule has 1 aliphatic rings. The topological polar surface area (TPSA) is 72.6 Å². The summed E-state index contributed by atoms with van der Waals surface area (Å²) in [5.41, 5.74) is 0.789. The number of rotatable bonds is 3. The zero-order chi connectivity index (χ0) is 13.8. The highest BCUT2D eigenvalue weighted by Gasteiger charge is 2.26. The number of hydrogen-bond donors (Lipinski definition) is 1. The molecule has 0 aromatic heterocycles. The van der Waals surface area contributed by atoms with Crippen LogP contribution in [0.3, 0.4) is 0 Å². The maximum Gasteiger partial charge on any atom is 0.311 e. The van der Waals surface area contributed by atoms with Gasteiger partial charge in [0.1, 0.15) is 6.10 Å². The smallest absolute Gasteiger partial charge is 0.311 e. The van der Waals surface area contributed by atoms with Crippen molar-refractivity contribution in [3.05, 3.63) is 33.9 Å². The van der Waals surface area contributed by atoms with Crippen LogP contribution in [0.2, 0.25) is 0 Å². The second-order valence-electron chi connectivity index (χ2n) is 5.09. The predicted octanol–water partition coefficient (Wildman–Crippen LogP) is 2.98. The molecule has 0 heterocycles. The highest BCUT2D eigenvalue weighted by atomic mass is 16.6. The monoisotopic (exact) mass is 265 g/mol. The summed E-state index contributed by atoms with van der Waals surface area (Å²) in [4.78, 5) is 10.6. The van der Waals surface area contributed by atoms with Crippen molar-refractivity contribution in [2.75, 3.05) is 0 Å². The van der Waals surface area contributed by atoms with Gasteiger partial charge in [0, 0.05) is 6.07 Å². The Morgan fingerprint density at radius 1 is 1.32 bits per heavy atom. The van der Waals surface area contributed by atoms with E-state index in [-0.39, 0.29) is 17.5 Å². The van der Waals surface area contributed by atoms with E-state index in [4.69, 9.17) is 4.74 Å². The van der Waals surface area contributed by atoms with Crippen molar-refractivity contribution in [3.8, 4) is 5.75 Å². The first-order valence-corrected chi connectivity index (χ1v) is 6.67. The molecule has 1 fully saturated rings. The van der Waals surface area contributed by atoms with Crippen molar-refractivity contribution in [1.82, 2.24) is 0 Å². The molecule has 2 atom stereocenters. The number of benzene rings is 1. The Morgan fingerprint density at radius 3 is 2.79 bits per heavy atom. The number of ether oxygens (including phenoxy) is 1. The molecule has 0 amide bonds. The minimum Gasteiger partial charge on any atom is -0.481 e. The van der Waals surface area contributed by atoms with Gasteiger partial charge in [0.2, 0.25) is 0 Å². The second-order valence-corrected chi connectivity index (χ2v) is 5.09. The van der Waals surface area contributed by atoms with Crippen LogP contribution in [0.25, 0.3) is 0 Å². The number of nitrogens with zero attached hydrogens (tertiary/aromatic N) is 1. The Labute approximate surface area is 112 Å². The van der Waals surface area contributed by atoms with Gasteiger partial charge in [-0.15, -0.1) is 0 Å². The molecule has 19 heavy (non-hydrogen) atoms. The number of nitro benzene ring substituents is 1. The first-order valence-electron chi connectivity index (χ1n) is 6.67. The fourth-order valence-electron chi connectivity index (χ4n) is 2.42. The van der Waals surface area contributed by atoms with E-state index in [0.717, 1.165) is 31.2 Å². The molecule has 1 aliphatic carbocycles. The number of aliphatic hydroxyl groups is 1. The summed E-state index contributed by atoms with van der Waals surface area (Å²) in [5.74, 6) is 0.251. The minimum absolute atomic E-state index is 0.0311. The van der Waals surface area contributed by atoms with E-state index < -0.39 is 11.0 Å². The Balaban J connectivity index is 2.19. The Morgan fingerprint density at radius 2 is 2.05 bits per heavy atom. The molecule has 1 saturated carbocycles. The minimum atomic E-state index is -0.539. The summed E-state index contributed by atoms with van der Waals surface area (Å²) < 4.78 is 5.70. The third-order valence-corrected chi connectivity index (χ3v) is 3.51. The Kier molecular flexibility index (Phi) is 4.37. The molecule has 104 valence electrons. The van der Waals surface area contributed by atoms with Crippen LogP contribution >= 0.6 is 0 Å². The van der Waals surface area contributed by atoms with E-state index in [1.807, 2.05) is 0 Å². The average Bonchev–Trinajstić information content (AvgIpc) is 2.57. The Hall–Kier alpha value is -1.62. The van der Waals surface area contributed by atoms with E-state index in [1.165, 1.54) is 6.07 Å². The summed E-state index contributed by atoms with van der Waals surface area (Å²) in [7, 11) is 0. The normalized spacial score (nSPS) is 23.7. The average molecular weight is 265 g/mol. The van der Waals surface area contributed by atoms with Crippen LogP contribution in [-0.4, -0.2) is 22.2 Å². The maximum atomic E-state index is 11.0. The Bertz CT molecular complexity index is 461. The van der Waals surface area contributed by atoms with Crippen LogP contribution in [0.5, 0.6) is 5.75 Å². The van der Waals surface area contributed by atoms with Crippen molar-refractivity contribution in [1.29, 1.82) is 0 Å². The molecule has 1 aromatic carbocycles. The SMILES string of the molecule is Cc1ccc(OC2CCCCCC2O)c([N+](=O)[O-])c1. The third-order valence-electron chi connectivity index (χ3n) is 3.51. The summed E-state index contributed by atoms with van der Waals surface area (Å²) in [6.45, 7) is 1.80. The molecule has 2 unspecified atom stereocenters. The number of aliphatic hydroxyl groups excluding tert-OH is 1. The van der Waals surface area contributed by atoms with Gasteiger partial charge in [-0.05, 0) is 37.8 Å². The first-order chi connectivity index (χ1) is 9.08. The van der Waals surface area contributed by atoms with E-state index in [2.05, 4.69) is 0 Å². The van der Waals surface area contributed by atoms with E-state index in [1.54, 1.807) is 19.1 Å². The van der Waals surface area contributed by atoms with Gasteiger partial charge in [-0.2, -0.15) is 0 Å². The van der Waals surface area contributed by atoms with Gasteiger partial charge < -0.3 is 9.84 Å². The highest BCUT2D eigenvalue weighted by Crippen LogP contribution is 2.31. The zero-order valence-corrected chi connectivity index (χ0v) is 11.0. The molecular weight excluding hydrogens is 246 g/mol. The maximum absolute atomic E-state index is 11.0. The van der Waals surface area contributed by atoms with Crippen LogP contribution in [0.1, 0.15) is 37.7 Å². The molecule has 0 radical (unpaired) electrons. The van der Waals surface area contributed by atoms with E-state index in [0.29, 0.717) is 6.42 Å². The zero-order valence-electron chi connectivity index (χ0n) is 11.0. The number of aryl methyl sites for hydroxylation is 1. The van der Waals surface area contributed by atoms with Gasteiger partial charge in [-0.3, -0.25) is 10.1 Å². The summed E-state index contributed by atoms with van der Waals surface area (Å²) in [5, 5.41) is 21.0. The molecule has 5 heteroatoms. The van der Waals surface area contributed by atoms with Gasteiger partial charge in [-0.25, -0.2) is 0 Å². The van der Waals surface area contributed by atoms with Gasteiger partial charge in [-0.1, -0.05) is 18.9 Å². The second kappa shape index (κ2) is 6.02. The van der Waals surface area contributed by atoms with Gasteiger partial charge in [0.25, 0.3) is 0 Å². The van der Waals surface area contributed by atoms with Crippen LogP contribution in [0, 0.1) is 17.0 Å². The largest absolute Gasteiger partial charge is 0.481 e. The van der Waals surface area contributed by atoms with Gasteiger partial charge in [0.15, 0.2) is 5.75 Å². The lowest BCUT2D eigenvalue weighted by Crippen LogP contribution is -2.30. The summed E-state index contributed by atoms with van der Waals surface area (Å²) in [6.07, 6.45) is 3.61. The predicted molar refractivity (Wildman–Crippen MR) is 71.3 cm³/mol. The number of hydrogen-bond acceptors (Lipinski definition) is 4. The molecule has 2 rings (SSSR count). The first kappa shape index (κ1) is 13.8. The lowest BCUT2D eigenvalue weighted by Gasteiger charge is -2.21. The molecular formula is C14H19NO4. The molecule has 0 aliphatic heterocycles. The van der Waals surface area contributed by atoms with Crippen molar-refractivity contribution in [2.45, 2.75) is 51.2 Å². The molecule has 1 aromatic rings. The molecule has 0 bridgehead atoms. The lowest BCUT2D eigenvalue weighted by atomic mass is 10.1. The molecule has 0 spiro atoms. The quantitative estimate of drug-likeness (QED) is 0.518. The third kappa shape index (κ3) is 3.44. The van der Waals surface area contributed by atoms with Crippen LogP contribution in [0.15, 0.2) is 18.2 Å². The highest BCUT2D eigenvalue weighted by molar-refractivity contribution is 5.48. The molecule has 5 nitrogen and oxygen atoms in total. The standard InChI is InChI=1S/C14H19NO4/c1-10-7-8-13(11(9-10)15(17)18)19-14-6-4-2-3-5-12(14)16/h7-9,12,14,16H,2-6H2,1H3. The summed E-state index contributed by atoms with van der Waals surface area (Å²) >= 11 is 0. The fourth-order valence-corrected chi connectivity index (χ4v) is 2.42. The van der Waals surface area contributed by atoms with Gasteiger partial charge >= 0.3 is 5.69 Å². The fraction of sp³-hybridized carbons (Fsp3) is 0.571. The molecule has 1 N–H and O–H groups in total. The number of nitro groups is 1. The summed E-state index contributed by atoms with van der Waals surface area (Å²) in [6, 6.07) is 4.90. The van der Waals surface area contributed by atoms with Crippen molar-refractivity contribution in [2.24, 2.45) is 0 Å². The van der Waals surface area contributed by atoms with Crippen molar-refractivity contribution < 1.29 is 14.8 Å².